The molecule has 0 aliphatic carbocycles. The van der Waals surface area contributed by atoms with Crippen LogP contribution in [0.3, 0.4) is 0 Å². The lowest BCUT2D eigenvalue weighted by molar-refractivity contribution is -0.138. The van der Waals surface area contributed by atoms with Crippen LogP contribution in [0.25, 0.3) is 10.8 Å². The summed E-state index contributed by atoms with van der Waals surface area (Å²) in [6, 6.07) is 11.7. The summed E-state index contributed by atoms with van der Waals surface area (Å²) in [7, 11) is 0. The molecule has 0 fully saturated rings. The number of hydrogen-bond acceptors (Lipinski definition) is 3. The molecule has 0 saturated carbocycles. The third-order valence-corrected chi connectivity index (χ3v) is 4.32. The van der Waals surface area contributed by atoms with Crippen LogP contribution < -0.4 is 10.6 Å². The molecule has 144 valence electrons. The fourth-order valence-electron chi connectivity index (χ4n) is 2.74. The second-order valence-corrected chi connectivity index (χ2v) is 7.67. The molecule has 0 bridgehead atoms. The fourth-order valence-corrected chi connectivity index (χ4v) is 2.74. The molecule has 0 aromatic heterocycles. The summed E-state index contributed by atoms with van der Waals surface area (Å²) < 4.78 is 0. The van der Waals surface area contributed by atoms with Crippen LogP contribution >= 0.6 is 0 Å². The van der Waals surface area contributed by atoms with Crippen LogP contribution in [0.5, 0.6) is 0 Å². The Bertz CT molecular complexity index is 849. The van der Waals surface area contributed by atoms with E-state index in [1.807, 2.05) is 42.5 Å². The van der Waals surface area contributed by atoms with Crippen molar-refractivity contribution >= 4 is 28.6 Å². The Morgan fingerprint density at radius 1 is 1.00 bits per heavy atom. The highest BCUT2D eigenvalue weighted by Crippen LogP contribution is 2.26. The van der Waals surface area contributed by atoms with Gasteiger partial charge in [0.25, 0.3) is 0 Å². The predicted molar refractivity (Wildman–Crippen MR) is 104 cm³/mol. The van der Waals surface area contributed by atoms with Crippen LogP contribution in [0.2, 0.25) is 0 Å². The highest BCUT2D eigenvalue weighted by Gasteiger charge is 2.27. The van der Waals surface area contributed by atoms with E-state index >= 15 is 0 Å². The maximum absolute atomic E-state index is 12.6. The quantitative estimate of drug-likeness (QED) is 0.728. The average Bonchev–Trinajstić information content (AvgIpc) is 2.59. The number of fused-ring (bicyclic) bond motifs is 1. The molecular weight excluding hydrogens is 344 g/mol. The molecule has 6 nitrogen and oxygen atoms in total. The van der Waals surface area contributed by atoms with E-state index in [-0.39, 0.29) is 12.3 Å². The Hall–Kier alpha value is -2.89. The first-order chi connectivity index (χ1) is 12.6. The minimum atomic E-state index is -1.01. The lowest BCUT2D eigenvalue weighted by Gasteiger charge is -2.24. The van der Waals surface area contributed by atoms with Crippen LogP contribution in [0.15, 0.2) is 42.5 Å². The zero-order valence-electron chi connectivity index (χ0n) is 16.1. The Morgan fingerprint density at radius 2 is 1.63 bits per heavy atom. The lowest BCUT2D eigenvalue weighted by atomic mass is 9.95. The largest absolute Gasteiger partial charge is 0.481 e. The molecule has 0 spiro atoms. The van der Waals surface area contributed by atoms with Gasteiger partial charge >= 0.3 is 5.97 Å². The van der Waals surface area contributed by atoms with Crippen molar-refractivity contribution in [3.8, 4) is 0 Å². The SMILES string of the molecule is CC(NC(=O)C(C)(C)C)C(=O)N[C@H](CC(=O)O)c1cccc2ccccc12. The van der Waals surface area contributed by atoms with Gasteiger partial charge in [0.2, 0.25) is 11.8 Å². The maximum atomic E-state index is 12.6. The van der Waals surface area contributed by atoms with E-state index in [2.05, 4.69) is 10.6 Å². The second-order valence-electron chi connectivity index (χ2n) is 7.67. The Morgan fingerprint density at radius 3 is 2.26 bits per heavy atom. The standard InChI is InChI=1S/C21H26N2O4/c1-13(22-20(27)21(2,3)4)19(26)23-17(12-18(24)25)16-11-7-9-14-8-5-6-10-15(14)16/h5-11,13,17H,12H2,1-4H3,(H,22,27)(H,23,26)(H,24,25)/t13?,17-/m1/s1. The Labute approximate surface area is 159 Å². The van der Waals surface area contributed by atoms with Crippen molar-refractivity contribution in [2.45, 2.75) is 46.2 Å². The number of carboxylic acids is 1. The van der Waals surface area contributed by atoms with Gasteiger partial charge in [0, 0.05) is 5.41 Å². The van der Waals surface area contributed by atoms with E-state index in [0.29, 0.717) is 0 Å². The third kappa shape index (κ3) is 5.29. The van der Waals surface area contributed by atoms with Crippen molar-refractivity contribution in [2.24, 2.45) is 5.41 Å². The maximum Gasteiger partial charge on any atom is 0.305 e. The summed E-state index contributed by atoms with van der Waals surface area (Å²) in [4.78, 5) is 36.0. The van der Waals surface area contributed by atoms with Crippen LogP contribution in [0.1, 0.15) is 45.7 Å². The molecule has 2 amide bonds. The molecule has 0 heterocycles. The van der Waals surface area contributed by atoms with Crippen molar-refractivity contribution in [1.29, 1.82) is 0 Å². The first-order valence-electron chi connectivity index (χ1n) is 8.90. The zero-order chi connectivity index (χ0) is 20.2. The number of nitrogens with one attached hydrogen (secondary N) is 2. The van der Waals surface area contributed by atoms with Crippen molar-refractivity contribution in [1.82, 2.24) is 10.6 Å². The van der Waals surface area contributed by atoms with Gasteiger partial charge < -0.3 is 15.7 Å². The summed E-state index contributed by atoms with van der Waals surface area (Å²) in [5.74, 6) is -1.68. The van der Waals surface area contributed by atoms with E-state index in [4.69, 9.17) is 0 Å². The number of aliphatic carboxylic acids is 1. The van der Waals surface area contributed by atoms with Crippen molar-refractivity contribution in [2.75, 3.05) is 0 Å². The van der Waals surface area contributed by atoms with Crippen LogP contribution in [-0.2, 0) is 14.4 Å². The fraction of sp³-hybridized carbons (Fsp3) is 0.381. The minimum Gasteiger partial charge on any atom is -0.481 e. The predicted octanol–water partition coefficient (Wildman–Crippen LogP) is 3.02. The highest BCUT2D eigenvalue weighted by atomic mass is 16.4. The molecule has 0 aliphatic heterocycles. The Kier molecular flexibility index (Phi) is 6.20. The van der Waals surface area contributed by atoms with Gasteiger partial charge in [0.05, 0.1) is 12.5 Å². The lowest BCUT2D eigenvalue weighted by Crippen LogP contribution is -2.49. The molecule has 0 aliphatic rings. The number of carboxylic acid groups (broad SMARTS) is 1. The van der Waals surface area contributed by atoms with Crippen molar-refractivity contribution in [3.05, 3.63) is 48.0 Å². The molecule has 2 aromatic rings. The summed E-state index contributed by atoms with van der Waals surface area (Å²) in [6.07, 6.45) is -0.250. The number of amides is 2. The van der Waals surface area contributed by atoms with Gasteiger partial charge in [-0.1, -0.05) is 63.2 Å². The van der Waals surface area contributed by atoms with Crippen LogP contribution in [0, 0.1) is 5.41 Å². The van der Waals surface area contributed by atoms with E-state index in [0.717, 1.165) is 16.3 Å². The van der Waals surface area contributed by atoms with Gasteiger partial charge in [-0.15, -0.1) is 0 Å². The molecular formula is C21H26N2O4. The minimum absolute atomic E-state index is 0.245. The smallest absolute Gasteiger partial charge is 0.305 e. The molecule has 3 N–H and O–H groups in total. The number of rotatable bonds is 6. The normalized spacial score (nSPS) is 13.6. The van der Waals surface area contributed by atoms with Gasteiger partial charge in [-0.2, -0.15) is 0 Å². The molecule has 2 aromatic carbocycles. The number of benzene rings is 2. The third-order valence-electron chi connectivity index (χ3n) is 4.32. The van der Waals surface area contributed by atoms with Gasteiger partial charge in [-0.05, 0) is 23.3 Å². The topological polar surface area (TPSA) is 95.5 Å². The first kappa shape index (κ1) is 20.4. The molecule has 1 unspecified atom stereocenters. The molecule has 0 radical (unpaired) electrons. The number of carbonyl (C=O) groups excluding carboxylic acids is 2. The molecule has 0 saturated heterocycles. The van der Waals surface area contributed by atoms with Crippen LogP contribution in [-0.4, -0.2) is 28.9 Å². The summed E-state index contributed by atoms with van der Waals surface area (Å²) >= 11 is 0. The van der Waals surface area contributed by atoms with Crippen molar-refractivity contribution < 1.29 is 19.5 Å². The molecule has 27 heavy (non-hydrogen) atoms. The average molecular weight is 370 g/mol. The van der Waals surface area contributed by atoms with Gasteiger partial charge in [-0.3, -0.25) is 14.4 Å². The zero-order valence-corrected chi connectivity index (χ0v) is 16.1. The second kappa shape index (κ2) is 8.20. The summed E-state index contributed by atoms with van der Waals surface area (Å²) in [6.45, 7) is 6.86. The number of hydrogen-bond donors (Lipinski definition) is 3. The van der Waals surface area contributed by atoms with Crippen molar-refractivity contribution in [3.63, 3.8) is 0 Å². The number of carbonyl (C=O) groups is 3. The monoisotopic (exact) mass is 370 g/mol. The molecule has 2 atom stereocenters. The van der Waals surface area contributed by atoms with Gasteiger partial charge in [0.15, 0.2) is 0 Å². The molecule has 6 heteroatoms. The Balaban J connectivity index is 2.25. The van der Waals surface area contributed by atoms with E-state index < -0.39 is 29.4 Å². The highest BCUT2D eigenvalue weighted by molar-refractivity contribution is 5.91. The van der Waals surface area contributed by atoms with Gasteiger partial charge in [0.1, 0.15) is 6.04 Å². The first-order valence-corrected chi connectivity index (χ1v) is 8.90. The molecule has 2 rings (SSSR count). The summed E-state index contributed by atoms with van der Waals surface area (Å²) in [5.41, 5.74) is 0.114. The van der Waals surface area contributed by atoms with E-state index in [1.165, 1.54) is 0 Å². The van der Waals surface area contributed by atoms with E-state index in [9.17, 15) is 19.5 Å². The van der Waals surface area contributed by atoms with E-state index in [1.54, 1.807) is 27.7 Å². The van der Waals surface area contributed by atoms with Crippen LogP contribution in [0.4, 0.5) is 0 Å². The van der Waals surface area contributed by atoms with Gasteiger partial charge in [-0.25, -0.2) is 0 Å². The summed E-state index contributed by atoms with van der Waals surface area (Å²) in [5, 5.41) is 16.6.